The Hall–Kier alpha value is -1.75. The summed E-state index contributed by atoms with van der Waals surface area (Å²) in [5.74, 6) is 1.54. The van der Waals surface area contributed by atoms with Crippen LogP contribution in [-0.2, 0) is 0 Å². The standard InChI is InChI=1S/C12H12N2O2S/c17-12(14-5-1-2-6-14)13-9-3-4-10-11(7-9)16-8-15-10/h1-4,7H,5-6,8H2,(H,13,17). The van der Waals surface area contributed by atoms with Crippen LogP contribution in [0.2, 0.25) is 0 Å². The van der Waals surface area contributed by atoms with Crippen LogP contribution >= 0.6 is 12.2 Å². The molecule has 0 unspecified atom stereocenters. The maximum absolute atomic E-state index is 5.33. The molecule has 1 N–H and O–H groups in total. The molecule has 2 aliphatic heterocycles. The van der Waals surface area contributed by atoms with Crippen LogP contribution in [0.1, 0.15) is 0 Å². The number of benzene rings is 1. The summed E-state index contributed by atoms with van der Waals surface area (Å²) in [4.78, 5) is 2.08. The van der Waals surface area contributed by atoms with Crippen LogP contribution in [-0.4, -0.2) is 29.9 Å². The summed E-state index contributed by atoms with van der Waals surface area (Å²) in [5, 5.41) is 3.93. The minimum absolute atomic E-state index is 0.291. The van der Waals surface area contributed by atoms with E-state index in [0.717, 1.165) is 35.4 Å². The molecule has 0 spiro atoms. The van der Waals surface area contributed by atoms with Crippen LogP contribution < -0.4 is 14.8 Å². The van der Waals surface area contributed by atoms with Gasteiger partial charge in [-0.25, -0.2) is 0 Å². The van der Waals surface area contributed by atoms with Crippen molar-refractivity contribution >= 4 is 23.0 Å². The molecule has 1 aromatic rings. The molecule has 0 radical (unpaired) electrons. The molecular weight excluding hydrogens is 236 g/mol. The summed E-state index contributed by atoms with van der Waals surface area (Å²) in [5.41, 5.74) is 0.922. The fourth-order valence-electron chi connectivity index (χ4n) is 1.82. The van der Waals surface area contributed by atoms with E-state index >= 15 is 0 Å². The van der Waals surface area contributed by atoms with Crippen molar-refractivity contribution in [3.63, 3.8) is 0 Å². The molecule has 4 nitrogen and oxygen atoms in total. The van der Waals surface area contributed by atoms with Crippen molar-refractivity contribution in [1.29, 1.82) is 0 Å². The lowest BCUT2D eigenvalue weighted by molar-refractivity contribution is 0.174. The average molecular weight is 248 g/mol. The van der Waals surface area contributed by atoms with Gasteiger partial charge in [0, 0.05) is 24.8 Å². The topological polar surface area (TPSA) is 33.7 Å². The zero-order valence-electron chi connectivity index (χ0n) is 9.18. The molecule has 0 atom stereocenters. The molecule has 5 heteroatoms. The molecule has 2 heterocycles. The summed E-state index contributed by atoms with van der Waals surface area (Å²) in [6.45, 7) is 2.03. The maximum Gasteiger partial charge on any atom is 0.231 e. The van der Waals surface area contributed by atoms with Crippen molar-refractivity contribution < 1.29 is 9.47 Å². The maximum atomic E-state index is 5.33. The smallest absolute Gasteiger partial charge is 0.231 e. The fraction of sp³-hybridized carbons (Fsp3) is 0.250. The number of anilines is 1. The van der Waals surface area contributed by atoms with Crippen LogP contribution in [0.25, 0.3) is 0 Å². The van der Waals surface area contributed by atoms with Crippen molar-refractivity contribution in [2.45, 2.75) is 0 Å². The Morgan fingerprint density at radius 1 is 1.18 bits per heavy atom. The van der Waals surface area contributed by atoms with Gasteiger partial charge >= 0.3 is 0 Å². The zero-order chi connectivity index (χ0) is 11.7. The minimum Gasteiger partial charge on any atom is -0.454 e. The highest BCUT2D eigenvalue weighted by atomic mass is 32.1. The van der Waals surface area contributed by atoms with E-state index in [1.807, 2.05) is 18.2 Å². The monoisotopic (exact) mass is 248 g/mol. The normalized spacial score (nSPS) is 16.4. The molecule has 0 fully saturated rings. The van der Waals surface area contributed by atoms with Gasteiger partial charge in [0.15, 0.2) is 16.6 Å². The molecule has 0 bridgehead atoms. The molecule has 2 aliphatic rings. The van der Waals surface area contributed by atoms with Crippen LogP contribution in [0.3, 0.4) is 0 Å². The number of fused-ring (bicyclic) bond motifs is 1. The van der Waals surface area contributed by atoms with E-state index in [1.54, 1.807) is 0 Å². The summed E-state index contributed by atoms with van der Waals surface area (Å²) in [6, 6.07) is 5.72. The molecule has 0 saturated carbocycles. The van der Waals surface area contributed by atoms with Gasteiger partial charge in [0.2, 0.25) is 6.79 Å². The molecule has 88 valence electrons. The average Bonchev–Trinajstić information content (AvgIpc) is 2.99. The third kappa shape index (κ3) is 2.06. The predicted octanol–water partition coefficient (Wildman–Crippen LogP) is 1.98. The van der Waals surface area contributed by atoms with Crippen LogP contribution in [0.15, 0.2) is 30.4 Å². The number of nitrogens with one attached hydrogen (secondary N) is 1. The molecule has 0 amide bonds. The molecule has 17 heavy (non-hydrogen) atoms. The molecule has 1 aromatic carbocycles. The summed E-state index contributed by atoms with van der Waals surface area (Å²) in [6.07, 6.45) is 4.21. The first-order valence-corrected chi connectivity index (χ1v) is 5.84. The van der Waals surface area contributed by atoms with Crippen LogP contribution in [0, 0.1) is 0 Å². The SMILES string of the molecule is S=C(Nc1ccc2c(c1)OCO2)N1CC=CC1. The van der Waals surface area contributed by atoms with E-state index in [4.69, 9.17) is 21.7 Å². The van der Waals surface area contributed by atoms with Gasteiger partial charge in [-0.15, -0.1) is 0 Å². The second-order valence-electron chi connectivity index (χ2n) is 3.87. The predicted molar refractivity (Wildman–Crippen MR) is 69.5 cm³/mol. The Morgan fingerprint density at radius 2 is 1.94 bits per heavy atom. The van der Waals surface area contributed by atoms with Crippen LogP contribution in [0.4, 0.5) is 5.69 Å². The van der Waals surface area contributed by atoms with Crippen molar-refractivity contribution in [2.75, 3.05) is 25.2 Å². The molecule has 0 aliphatic carbocycles. The van der Waals surface area contributed by atoms with E-state index in [1.165, 1.54) is 0 Å². The quantitative estimate of drug-likeness (QED) is 0.607. The largest absolute Gasteiger partial charge is 0.454 e. The van der Waals surface area contributed by atoms with Gasteiger partial charge in [0.1, 0.15) is 0 Å². The van der Waals surface area contributed by atoms with E-state index in [-0.39, 0.29) is 0 Å². The highest BCUT2D eigenvalue weighted by molar-refractivity contribution is 7.80. The lowest BCUT2D eigenvalue weighted by atomic mass is 10.3. The third-order valence-electron chi connectivity index (χ3n) is 2.73. The highest BCUT2D eigenvalue weighted by Crippen LogP contribution is 2.34. The lowest BCUT2D eigenvalue weighted by Gasteiger charge is -2.19. The summed E-state index contributed by atoms with van der Waals surface area (Å²) in [7, 11) is 0. The van der Waals surface area contributed by atoms with Gasteiger partial charge in [0.05, 0.1) is 0 Å². The summed E-state index contributed by atoms with van der Waals surface area (Å²) < 4.78 is 10.6. The number of nitrogens with zero attached hydrogens (tertiary/aromatic N) is 1. The minimum atomic E-state index is 0.291. The van der Waals surface area contributed by atoms with Gasteiger partial charge in [-0.05, 0) is 24.4 Å². The van der Waals surface area contributed by atoms with Crippen LogP contribution in [0.5, 0.6) is 11.5 Å². The molecule has 3 rings (SSSR count). The molecule has 0 aromatic heterocycles. The number of rotatable bonds is 1. The molecule has 0 saturated heterocycles. The van der Waals surface area contributed by atoms with Crippen molar-refractivity contribution in [3.8, 4) is 11.5 Å². The fourth-order valence-corrected chi connectivity index (χ4v) is 2.09. The second kappa shape index (κ2) is 4.25. The first kappa shape index (κ1) is 10.4. The van der Waals surface area contributed by atoms with Gasteiger partial charge < -0.3 is 19.7 Å². The number of hydrogen-bond acceptors (Lipinski definition) is 3. The highest BCUT2D eigenvalue weighted by Gasteiger charge is 2.15. The Balaban J connectivity index is 1.70. The van der Waals surface area contributed by atoms with E-state index in [0.29, 0.717) is 6.79 Å². The Kier molecular flexibility index (Phi) is 2.60. The van der Waals surface area contributed by atoms with E-state index < -0.39 is 0 Å². The van der Waals surface area contributed by atoms with Gasteiger partial charge in [-0.1, -0.05) is 12.2 Å². The van der Waals surface area contributed by atoms with Crippen molar-refractivity contribution in [1.82, 2.24) is 4.90 Å². The van der Waals surface area contributed by atoms with Crippen molar-refractivity contribution in [2.24, 2.45) is 0 Å². The number of ether oxygens (including phenoxy) is 2. The number of thiocarbonyl (C=S) groups is 1. The Labute approximate surface area is 105 Å². The Morgan fingerprint density at radius 3 is 2.76 bits per heavy atom. The van der Waals surface area contributed by atoms with Gasteiger partial charge in [-0.2, -0.15) is 0 Å². The third-order valence-corrected chi connectivity index (χ3v) is 3.09. The lowest BCUT2D eigenvalue weighted by Crippen LogP contribution is -2.32. The van der Waals surface area contributed by atoms with E-state index in [9.17, 15) is 0 Å². The van der Waals surface area contributed by atoms with Crippen molar-refractivity contribution in [3.05, 3.63) is 30.4 Å². The molecular formula is C12H12N2O2S. The first-order chi connectivity index (χ1) is 8.33. The first-order valence-electron chi connectivity index (χ1n) is 5.43. The van der Waals surface area contributed by atoms with E-state index in [2.05, 4.69) is 22.4 Å². The van der Waals surface area contributed by atoms with Gasteiger partial charge in [0.25, 0.3) is 0 Å². The second-order valence-corrected chi connectivity index (χ2v) is 4.26. The zero-order valence-corrected chi connectivity index (χ0v) is 10.00. The van der Waals surface area contributed by atoms with Gasteiger partial charge in [-0.3, -0.25) is 0 Å². The number of hydrogen-bond donors (Lipinski definition) is 1. The Bertz CT molecular complexity index is 479. The summed E-state index contributed by atoms with van der Waals surface area (Å²) >= 11 is 5.33.